The lowest BCUT2D eigenvalue weighted by atomic mass is 9.91. The van der Waals surface area contributed by atoms with Crippen molar-refractivity contribution in [2.45, 2.75) is 19.9 Å². The molecule has 2 aliphatic rings. The number of amides is 3. The lowest BCUT2D eigenvalue weighted by Gasteiger charge is -2.33. The van der Waals surface area contributed by atoms with E-state index in [2.05, 4.69) is 10.6 Å². The lowest BCUT2D eigenvalue weighted by Crippen LogP contribution is -2.49. The molecule has 2 aliphatic heterocycles. The SMILES string of the molecule is Cc1ccc(C)c([C@H]2NC(=O)N(CC(=O)Nc3ccc(F)cc3)C3=C2C(=O)OC3)c1. The van der Waals surface area contributed by atoms with E-state index < -0.39 is 29.8 Å². The van der Waals surface area contributed by atoms with E-state index in [0.29, 0.717) is 17.0 Å². The van der Waals surface area contributed by atoms with Crippen molar-refractivity contribution < 1.29 is 23.5 Å². The number of carbonyl (C=O) groups is 3. The van der Waals surface area contributed by atoms with Crippen LogP contribution in [0, 0.1) is 19.7 Å². The molecule has 154 valence electrons. The molecule has 0 aromatic heterocycles. The maximum atomic E-state index is 13.0. The first kappa shape index (κ1) is 19.6. The van der Waals surface area contributed by atoms with Crippen molar-refractivity contribution in [3.05, 3.63) is 76.2 Å². The quantitative estimate of drug-likeness (QED) is 0.760. The molecular weight excluding hydrogens is 389 g/mol. The van der Waals surface area contributed by atoms with Gasteiger partial charge in [0.05, 0.1) is 17.3 Å². The normalized spacial score (nSPS) is 18.1. The van der Waals surface area contributed by atoms with E-state index in [0.717, 1.165) is 16.7 Å². The number of esters is 1. The number of aryl methyl sites for hydroxylation is 2. The van der Waals surface area contributed by atoms with E-state index in [-0.39, 0.29) is 13.2 Å². The van der Waals surface area contributed by atoms with Gasteiger partial charge in [-0.15, -0.1) is 0 Å². The van der Waals surface area contributed by atoms with Gasteiger partial charge in [0, 0.05) is 5.69 Å². The second kappa shape index (κ2) is 7.62. The number of benzene rings is 2. The number of cyclic esters (lactones) is 1. The van der Waals surface area contributed by atoms with Gasteiger partial charge in [-0.05, 0) is 49.2 Å². The van der Waals surface area contributed by atoms with Gasteiger partial charge in [0.1, 0.15) is 19.0 Å². The first-order valence-corrected chi connectivity index (χ1v) is 9.44. The zero-order chi connectivity index (χ0) is 21.4. The Morgan fingerprint density at radius 2 is 1.93 bits per heavy atom. The monoisotopic (exact) mass is 409 g/mol. The van der Waals surface area contributed by atoms with Crippen LogP contribution in [-0.2, 0) is 14.3 Å². The van der Waals surface area contributed by atoms with Gasteiger partial charge >= 0.3 is 12.0 Å². The van der Waals surface area contributed by atoms with Gasteiger partial charge in [-0.2, -0.15) is 0 Å². The fraction of sp³-hybridized carbons (Fsp3) is 0.227. The van der Waals surface area contributed by atoms with Crippen molar-refractivity contribution in [2.24, 2.45) is 0 Å². The van der Waals surface area contributed by atoms with Gasteiger partial charge in [0.25, 0.3) is 0 Å². The molecule has 8 heteroatoms. The number of hydrogen-bond donors (Lipinski definition) is 2. The van der Waals surface area contributed by atoms with Crippen molar-refractivity contribution in [1.29, 1.82) is 0 Å². The molecule has 4 rings (SSSR count). The molecule has 2 N–H and O–H groups in total. The average molecular weight is 409 g/mol. The van der Waals surface area contributed by atoms with Crippen LogP contribution in [0.3, 0.4) is 0 Å². The van der Waals surface area contributed by atoms with Gasteiger partial charge in [0.2, 0.25) is 5.91 Å². The highest BCUT2D eigenvalue weighted by atomic mass is 19.1. The summed E-state index contributed by atoms with van der Waals surface area (Å²) in [5.41, 5.74) is 3.85. The predicted molar refractivity (Wildman–Crippen MR) is 107 cm³/mol. The van der Waals surface area contributed by atoms with Crippen LogP contribution in [0.5, 0.6) is 0 Å². The van der Waals surface area contributed by atoms with Crippen LogP contribution in [0.2, 0.25) is 0 Å². The Bertz CT molecular complexity index is 1080. The number of anilines is 1. The van der Waals surface area contributed by atoms with Crippen molar-refractivity contribution in [1.82, 2.24) is 10.2 Å². The summed E-state index contributed by atoms with van der Waals surface area (Å²) < 4.78 is 18.2. The highest BCUT2D eigenvalue weighted by Gasteiger charge is 2.43. The van der Waals surface area contributed by atoms with Crippen molar-refractivity contribution >= 4 is 23.6 Å². The maximum absolute atomic E-state index is 13.0. The molecule has 0 fully saturated rings. The minimum Gasteiger partial charge on any atom is -0.456 e. The highest BCUT2D eigenvalue weighted by Crippen LogP contribution is 2.36. The molecule has 2 heterocycles. The summed E-state index contributed by atoms with van der Waals surface area (Å²) in [5, 5.41) is 5.44. The summed E-state index contributed by atoms with van der Waals surface area (Å²) in [4.78, 5) is 39.0. The predicted octanol–water partition coefficient (Wildman–Crippen LogP) is 2.96. The summed E-state index contributed by atoms with van der Waals surface area (Å²) in [6, 6.07) is 9.97. The van der Waals surface area contributed by atoms with Gasteiger partial charge in [-0.3, -0.25) is 9.69 Å². The van der Waals surface area contributed by atoms with E-state index in [1.807, 2.05) is 32.0 Å². The van der Waals surface area contributed by atoms with E-state index in [1.165, 1.54) is 29.2 Å². The number of halogens is 1. The zero-order valence-corrected chi connectivity index (χ0v) is 16.5. The molecule has 0 saturated heterocycles. The minimum absolute atomic E-state index is 0.0766. The standard InChI is InChI=1S/C22H20FN3O4/c1-12-3-4-13(2)16(9-12)20-19-17(11-30-21(19)28)26(22(29)25-20)10-18(27)24-15-7-5-14(23)6-8-15/h3-9,20H,10-11H2,1-2H3,(H,24,27)(H,25,29)/t20-/m1/s1. The third kappa shape index (κ3) is 3.63. The van der Waals surface area contributed by atoms with Crippen LogP contribution in [0.1, 0.15) is 22.7 Å². The number of urea groups is 1. The molecule has 0 bridgehead atoms. The zero-order valence-electron chi connectivity index (χ0n) is 16.5. The van der Waals surface area contributed by atoms with Crippen molar-refractivity contribution in [3.63, 3.8) is 0 Å². The minimum atomic E-state index is -0.640. The Labute approximate surface area is 172 Å². The summed E-state index contributed by atoms with van der Waals surface area (Å²) >= 11 is 0. The van der Waals surface area contributed by atoms with E-state index >= 15 is 0 Å². The number of carbonyl (C=O) groups excluding carboxylic acids is 3. The van der Waals surface area contributed by atoms with Crippen molar-refractivity contribution in [3.8, 4) is 0 Å². The van der Waals surface area contributed by atoms with Crippen molar-refractivity contribution in [2.75, 3.05) is 18.5 Å². The molecule has 2 aromatic carbocycles. The number of rotatable bonds is 4. The first-order valence-electron chi connectivity index (χ1n) is 9.44. The Morgan fingerprint density at radius 1 is 1.20 bits per heavy atom. The fourth-order valence-electron chi connectivity index (χ4n) is 3.66. The third-order valence-corrected chi connectivity index (χ3v) is 5.17. The third-order valence-electron chi connectivity index (χ3n) is 5.17. The van der Waals surface area contributed by atoms with Gasteiger partial charge in [0.15, 0.2) is 0 Å². The molecule has 3 amide bonds. The molecule has 7 nitrogen and oxygen atoms in total. The molecule has 0 spiro atoms. The largest absolute Gasteiger partial charge is 0.456 e. The second-order valence-electron chi connectivity index (χ2n) is 7.32. The van der Waals surface area contributed by atoms with E-state index in [9.17, 15) is 18.8 Å². The summed E-state index contributed by atoms with van der Waals surface area (Å²) in [6.07, 6.45) is 0. The Morgan fingerprint density at radius 3 is 2.67 bits per heavy atom. The summed E-state index contributed by atoms with van der Waals surface area (Å²) in [6.45, 7) is 3.46. The molecule has 1 atom stereocenters. The van der Waals surface area contributed by atoms with Gasteiger partial charge in [-0.1, -0.05) is 23.8 Å². The van der Waals surface area contributed by atoms with Crippen LogP contribution < -0.4 is 10.6 Å². The second-order valence-corrected chi connectivity index (χ2v) is 7.32. The number of ether oxygens (including phenoxy) is 1. The Hall–Kier alpha value is -3.68. The summed E-state index contributed by atoms with van der Waals surface area (Å²) in [7, 11) is 0. The Balaban J connectivity index is 1.62. The smallest absolute Gasteiger partial charge is 0.338 e. The van der Waals surface area contributed by atoms with Gasteiger partial charge < -0.3 is 15.4 Å². The summed E-state index contributed by atoms with van der Waals surface area (Å²) in [5.74, 6) is -1.41. The van der Waals surface area contributed by atoms with Crippen LogP contribution in [0.15, 0.2) is 53.7 Å². The lowest BCUT2D eigenvalue weighted by molar-refractivity contribution is -0.136. The van der Waals surface area contributed by atoms with Crippen LogP contribution >= 0.6 is 0 Å². The molecule has 0 radical (unpaired) electrons. The molecule has 2 aromatic rings. The molecule has 0 aliphatic carbocycles. The van der Waals surface area contributed by atoms with E-state index in [4.69, 9.17) is 4.74 Å². The van der Waals surface area contributed by atoms with Gasteiger partial charge in [-0.25, -0.2) is 14.0 Å². The molecular formula is C22H20FN3O4. The maximum Gasteiger partial charge on any atom is 0.338 e. The number of nitrogens with one attached hydrogen (secondary N) is 2. The first-order chi connectivity index (χ1) is 14.3. The fourth-order valence-corrected chi connectivity index (χ4v) is 3.66. The number of hydrogen-bond acceptors (Lipinski definition) is 4. The molecule has 0 unspecified atom stereocenters. The van der Waals surface area contributed by atoms with E-state index in [1.54, 1.807) is 0 Å². The number of nitrogens with zero attached hydrogens (tertiary/aromatic N) is 1. The van der Waals surface area contributed by atoms with Crippen LogP contribution in [-0.4, -0.2) is 36.0 Å². The topological polar surface area (TPSA) is 87.7 Å². The Kier molecular flexibility index (Phi) is 4.99. The van der Waals surface area contributed by atoms with Crippen LogP contribution in [0.25, 0.3) is 0 Å². The average Bonchev–Trinajstić information content (AvgIpc) is 3.09. The highest BCUT2D eigenvalue weighted by molar-refractivity contribution is 6.00. The van der Waals surface area contributed by atoms with Crippen LogP contribution in [0.4, 0.5) is 14.9 Å². The molecule has 0 saturated carbocycles. The molecule has 30 heavy (non-hydrogen) atoms.